The van der Waals surface area contributed by atoms with Crippen LogP contribution in [0.5, 0.6) is 0 Å². The van der Waals surface area contributed by atoms with Gasteiger partial charge in [-0.2, -0.15) is 0 Å². The van der Waals surface area contributed by atoms with Gasteiger partial charge in [0.15, 0.2) is 19.2 Å². The van der Waals surface area contributed by atoms with Crippen LogP contribution in [0.4, 0.5) is 0 Å². The van der Waals surface area contributed by atoms with Crippen molar-refractivity contribution < 1.29 is 24.1 Å². The lowest BCUT2D eigenvalue weighted by Gasteiger charge is -2.20. The Morgan fingerprint density at radius 2 is 1.28 bits per heavy atom. The molecular formula is C31H59N2O5P. The summed E-state index contributed by atoms with van der Waals surface area (Å²) in [6.07, 6.45) is 17.6. The third-order valence-corrected chi connectivity index (χ3v) is 8.64. The number of carbonyl (C=O) groups excluding carboxylic acids is 4. The van der Waals surface area contributed by atoms with E-state index >= 15 is 0 Å². The van der Waals surface area contributed by atoms with Gasteiger partial charge in [0.1, 0.15) is 5.78 Å². The zero-order valence-electron chi connectivity index (χ0n) is 25.8. The molecule has 0 aromatic heterocycles. The van der Waals surface area contributed by atoms with Gasteiger partial charge in [0, 0.05) is 44.7 Å². The molecule has 1 amide bonds. The predicted molar refractivity (Wildman–Crippen MR) is 163 cm³/mol. The highest BCUT2D eigenvalue weighted by molar-refractivity contribution is 7.84. The first kappa shape index (κ1) is 37.8. The number of nitrogens with zero attached hydrogens (tertiary/aromatic N) is 1. The van der Waals surface area contributed by atoms with E-state index in [1.807, 2.05) is 25.9 Å². The fourth-order valence-electron chi connectivity index (χ4n) is 4.79. The van der Waals surface area contributed by atoms with Gasteiger partial charge in [-0.05, 0) is 26.4 Å². The minimum Gasteiger partial charge on any atom is -0.360 e. The molecule has 0 radical (unpaired) electrons. The number of nitrogens with one attached hydrogen (secondary N) is 1. The summed E-state index contributed by atoms with van der Waals surface area (Å²) in [4.78, 5) is 62.2. The number of hydrogen-bond acceptors (Lipinski definition) is 6. The Balaban J connectivity index is 4.58. The van der Waals surface area contributed by atoms with Crippen LogP contribution < -0.4 is 5.32 Å². The van der Waals surface area contributed by atoms with Crippen LogP contribution in [0.3, 0.4) is 0 Å². The molecule has 0 saturated heterocycles. The van der Waals surface area contributed by atoms with Crippen LogP contribution >= 0.6 is 8.15 Å². The third-order valence-electron chi connectivity index (χ3n) is 7.29. The molecule has 3 unspecified atom stereocenters. The highest BCUT2D eigenvalue weighted by Crippen LogP contribution is 2.36. The lowest BCUT2D eigenvalue weighted by molar-refractivity contribution is -0.123. The first-order valence-corrected chi connectivity index (χ1v) is 16.9. The van der Waals surface area contributed by atoms with Gasteiger partial charge in [0.25, 0.3) is 0 Å². The number of carbonyl (C=O) groups is 4. The van der Waals surface area contributed by atoms with Crippen LogP contribution in [-0.4, -0.2) is 59.2 Å². The highest BCUT2D eigenvalue weighted by Gasteiger charge is 2.28. The molecule has 0 aliphatic carbocycles. The molecule has 0 aliphatic heterocycles. The van der Waals surface area contributed by atoms with Gasteiger partial charge in [-0.1, -0.05) is 104 Å². The molecular weight excluding hydrogens is 511 g/mol. The van der Waals surface area contributed by atoms with E-state index in [0.29, 0.717) is 31.7 Å². The summed E-state index contributed by atoms with van der Waals surface area (Å²) < 4.78 is 0. The van der Waals surface area contributed by atoms with Crippen molar-refractivity contribution in [3.05, 3.63) is 0 Å². The fraction of sp³-hybridized carbons (Fsp3) is 0.871. The molecule has 0 spiro atoms. The first-order valence-electron chi connectivity index (χ1n) is 15.6. The molecule has 39 heavy (non-hydrogen) atoms. The molecule has 2 N–H and O–H groups in total. The number of unbranched alkanes of at least 4 members (excludes halogenated alkanes) is 10. The Labute approximate surface area is 240 Å². The number of ketones is 1. The van der Waals surface area contributed by atoms with Gasteiger partial charge >= 0.3 is 0 Å². The van der Waals surface area contributed by atoms with Gasteiger partial charge < -0.3 is 15.1 Å². The van der Waals surface area contributed by atoms with Crippen LogP contribution in [0.25, 0.3) is 0 Å². The Morgan fingerprint density at radius 1 is 0.718 bits per heavy atom. The molecule has 0 aromatic carbocycles. The largest absolute Gasteiger partial charge is 0.360 e. The average molecular weight is 571 g/mol. The molecule has 0 aliphatic rings. The summed E-state index contributed by atoms with van der Waals surface area (Å²) in [5.74, 6) is 0.124. The summed E-state index contributed by atoms with van der Waals surface area (Å²) >= 11 is 0. The van der Waals surface area contributed by atoms with Crippen molar-refractivity contribution in [2.75, 3.05) is 20.6 Å². The fourth-order valence-corrected chi connectivity index (χ4v) is 5.77. The summed E-state index contributed by atoms with van der Waals surface area (Å²) in [5, 5.41) is 2.80. The minimum atomic E-state index is -2.43. The molecule has 8 heteroatoms. The molecule has 0 aromatic rings. The van der Waals surface area contributed by atoms with Gasteiger partial charge in [0.2, 0.25) is 5.91 Å². The number of hydrogen-bond donors (Lipinski definition) is 2. The SMILES string of the molecule is CCCCCCCCCCCCCC(CC)CC(=O)CC(CC(=O)P(O)C(=O)CCN(C)C)NC(=O)CCC. The number of amides is 1. The van der Waals surface area contributed by atoms with Gasteiger partial charge in [0.05, 0.1) is 0 Å². The zero-order chi connectivity index (χ0) is 29.5. The second-order valence-electron chi connectivity index (χ2n) is 11.4. The lowest BCUT2D eigenvalue weighted by atomic mass is 9.91. The van der Waals surface area contributed by atoms with Crippen LogP contribution in [0.2, 0.25) is 0 Å². The van der Waals surface area contributed by atoms with Crippen molar-refractivity contribution in [2.24, 2.45) is 5.92 Å². The van der Waals surface area contributed by atoms with Crippen LogP contribution in [0, 0.1) is 5.92 Å². The van der Waals surface area contributed by atoms with Crippen LogP contribution in [-0.2, 0) is 19.2 Å². The molecule has 228 valence electrons. The average Bonchev–Trinajstić information content (AvgIpc) is 2.89. The van der Waals surface area contributed by atoms with Gasteiger partial charge in [-0.3, -0.25) is 19.2 Å². The van der Waals surface area contributed by atoms with Gasteiger partial charge in [-0.15, -0.1) is 0 Å². The Kier molecular flexibility index (Phi) is 23.9. The molecule has 0 rings (SSSR count). The van der Waals surface area contributed by atoms with Crippen molar-refractivity contribution >= 4 is 30.9 Å². The van der Waals surface area contributed by atoms with Crippen molar-refractivity contribution in [3.63, 3.8) is 0 Å². The molecule has 0 fully saturated rings. The monoisotopic (exact) mass is 570 g/mol. The second-order valence-corrected chi connectivity index (χ2v) is 13.0. The van der Waals surface area contributed by atoms with Crippen molar-refractivity contribution in [3.8, 4) is 0 Å². The maximum absolute atomic E-state index is 12.9. The summed E-state index contributed by atoms with van der Waals surface area (Å²) in [6.45, 7) is 6.71. The highest BCUT2D eigenvalue weighted by atomic mass is 31.1. The maximum Gasteiger partial charge on any atom is 0.220 e. The van der Waals surface area contributed by atoms with E-state index in [2.05, 4.69) is 19.2 Å². The number of rotatable bonds is 27. The third kappa shape index (κ3) is 21.3. The second kappa shape index (κ2) is 24.6. The van der Waals surface area contributed by atoms with E-state index < -0.39 is 25.2 Å². The van der Waals surface area contributed by atoms with E-state index in [4.69, 9.17) is 0 Å². The maximum atomic E-state index is 12.9. The van der Waals surface area contributed by atoms with E-state index in [0.717, 1.165) is 19.3 Å². The van der Waals surface area contributed by atoms with E-state index in [1.54, 1.807) is 0 Å². The van der Waals surface area contributed by atoms with Crippen LogP contribution in [0.15, 0.2) is 0 Å². The zero-order valence-corrected chi connectivity index (χ0v) is 26.7. The lowest BCUT2D eigenvalue weighted by Crippen LogP contribution is -2.38. The first-order chi connectivity index (χ1) is 18.6. The van der Waals surface area contributed by atoms with E-state index in [1.165, 1.54) is 64.2 Å². The minimum absolute atomic E-state index is 0.0284. The molecule has 3 atom stereocenters. The molecule has 0 saturated carbocycles. The molecule has 7 nitrogen and oxygen atoms in total. The van der Waals surface area contributed by atoms with Gasteiger partial charge in [-0.25, -0.2) is 0 Å². The van der Waals surface area contributed by atoms with Crippen LogP contribution in [0.1, 0.15) is 143 Å². The topological polar surface area (TPSA) is 104 Å². The smallest absolute Gasteiger partial charge is 0.220 e. The normalized spacial score (nSPS) is 13.7. The Hall–Kier alpha value is -1.17. The van der Waals surface area contributed by atoms with E-state index in [-0.39, 0.29) is 31.0 Å². The summed E-state index contributed by atoms with van der Waals surface area (Å²) in [5.41, 5.74) is -1.04. The Bertz CT molecular complexity index is 686. The predicted octanol–water partition coefficient (Wildman–Crippen LogP) is 7.13. The quantitative estimate of drug-likeness (QED) is 0.0804. The molecule has 0 heterocycles. The molecule has 0 bridgehead atoms. The standard InChI is InChI=1S/C31H59N2O5P/c1-6-9-10-11-12-13-14-15-16-17-18-20-26(8-3)23-28(34)24-27(32-29(35)19-7-2)25-31(37)39(38)30(36)21-22-33(4)5/h26-27,38H,6-25H2,1-5H3,(H,32,35). The Morgan fingerprint density at radius 3 is 1.79 bits per heavy atom. The van der Waals surface area contributed by atoms with Crippen molar-refractivity contribution in [1.29, 1.82) is 0 Å². The van der Waals surface area contributed by atoms with E-state index in [9.17, 15) is 24.1 Å². The number of Topliss-reactive ketones (excluding diaryl/α,β-unsaturated/α-hetero) is 1. The van der Waals surface area contributed by atoms with Crippen molar-refractivity contribution in [1.82, 2.24) is 10.2 Å². The van der Waals surface area contributed by atoms with Crippen molar-refractivity contribution in [2.45, 2.75) is 149 Å². The summed E-state index contributed by atoms with van der Waals surface area (Å²) in [7, 11) is 1.21. The summed E-state index contributed by atoms with van der Waals surface area (Å²) in [6, 6.07) is -0.678.